The molecule has 20 heavy (non-hydrogen) atoms. The first-order valence-electron chi connectivity index (χ1n) is 6.68. The lowest BCUT2D eigenvalue weighted by atomic mass is 9.81. The van der Waals surface area contributed by atoms with Gasteiger partial charge in [-0.05, 0) is 48.9 Å². The second-order valence-electron chi connectivity index (χ2n) is 5.61. The maximum Gasteiger partial charge on any atom is 0.150 e. The second kappa shape index (κ2) is 6.46. The monoisotopic (exact) mass is 423 g/mol. The van der Waals surface area contributed by atoms with Gasteiger partial charge in [0.25, 0.3) is 0 Å². The number of sulfone groups is 1. The standard InChI is InChI=1S/C14H19Br2NO2S/c1-20(18,19)13-4-2-3-9(7-13)14(17)10-5-11(15)8-12(16)6-10/h5-6,8-9,13-14H,2-4,7,17H2,1H3. The minimum absolute atomic E-state index is 0.117. The number of halogens is 2. The van der Waals surface area contributed by atoms with Crippen LogP contribution in [0.1, 0.15) is 37.3 Å². The molecule has 3 nitrogen and oxygen atoms in total. The van der Waals surface area contributed by atoms with E-state index in [9.17, 15) is 8.42 Å². The molecule has 0 aromatic heterocycles. The first-order valence-corrected chi connectivity index (χ1v) is 10.2. The number of hydrogen-bond donors (Lipinski definition) is 1. The predicted octanol–water partition coefficient (Wildman–Crippen LogP) is 3.81. The van der Waals surface area contributed by atoms with Gasteiger partial charge in [0.2, 0.25) is 0 Å². The highest BCUT2D eigenvalue weighted by atomic mass is 79.9. The average molecular weight is 425 g/mol. The van der Waals surface area contributed by atoms with Gasteiger partial charge in [-0.15, -0.1) is 0 Å². The van der Waals surface area contributed by atoms with Crippen LogP contribution in [0.25, 0.3) is 0 Å². The van der Waals surface area contributed by atoms with E-state index in [1.807, 2.05) is 18.2 Å². The fourth-order valence-electron chi connectivity index (χ4n) is 2.94. The van der Waals surface area contributed by atoms with Crippen LogP contribution < -0.4 is 5.73 Å². The Bertz CT molecular complexity index is 569. The van der Waals surface area contributed by atoms with Gasteiger partial charge in [0, 0.05) is 21.2 Å². The topological polar surface area (TPSA) is 60.2 Å². The number of nitrogens with two attached hydrogens (primary N) is 1. The molecule has 1 fully saturated rings. The van der Waals surface area contributed by atoms with Crippen LogP contribution in [0, 0.1) is 5.92 Å². The van der Waals surface area contributed by atoms with Gasteiger partial charge in [0.1, 0.15) is 9.84 Å². The van der Waals surface area contributed by atoms with Gasteiger partial charge in [-0.1, -0.05) is 38.3 Å². The summed E-state index contributed by atoms with van der Waals surface area (Å²) in [4.78, 5) is 0. The first-order chi connectivity index (χ1) is 9.27. The van der Waals surface area contributed by atoms with Crippen molar-refractivity contribution in [2.45, 2.75) is 37.0 Å². The highest BCUT2D eigenvalue weighted by molar-refractivity contribution is 9.11. The Morgan fingerprint density at radius 2 is 1.80 bits per heavy atom. The maximum absolute atomic E-state index is 11.7. The van der Waals surface area contributed by atoms with E-state index >= 15 is 0 Å². The molecular weight excluding hydrogens is 406 g/mol. The molecule has 112 valence electrons. The molecule has 6 heteroatoms. The van der Waals surface area contributed by atoms with E-state index in [1.54, 1.807) is 0 Å². The summed E-state index contributed by atoms with van der Waals surface area (Å²) in [5.74, 6) is 0.227. The molecule has 0 aliphatic heterocycles. The van der Waals surface area contributed by atoms with Crippen LogP contribution in [0.3, 0.4) is 0 Å². The Balaban J connectivity index is 2.18. The molecule has 0 bridgehead atoms. The summed E-state index contributed by atoms with van der Waals surface area (Å²) in [7, 11) is -2.96. The van der Waals surface area contributed by atoms with Gasteiger partial charge in [0.05, 0.1) is 5.25 Å². The summed E-state index contributed by atoms with van der Waals surface area (Å²) >= 11 is 6.93. The average Bonchev–Trinajstić information content (AvgIpc) is 2.36. The fourth-order valence-corrected chi connectivity index (χ4v) is 5.46. The van der Waals surface area contributed by atoms with Gasteiger partial charge < -0.3 is 5.73 Å². The second-order valence-corrected chi connectivity index (χ2v) is 9.76. The van der Waals surface area contributed by atoms with Crippen LogP contribution in [0.4, 0.5) is 0 Å². The Hall–Kier alpha value is 0.0900. The number of benzene rings is 1. The zero-order valence-electron chi connectivity index (χ0n) is 11.4. The normalized spacial score (nSPS) is 25.4. The smallest absolute Gasteiger partial charge is 0.150 e. The van der Waals surface area contributed by atoms with Gasteiger partial charge in [-0.3, -0.25) is 0 Å². The van der Waals surface area contributed by atoms with Crippen molar-refractivity contribution in [2.24, 2.45) is 11.7 Å². The van der Waals surface area contributed by atoms with Gasteiger partial charge in [-0.25, -0.2) is 8.42 Å². The van der Waals surface area contributed by atoms with Crippen molar-refractivity contribution in [3.05, 3.63) is 32.7 Å². The molecule has 0 heterocycles. The fraction of sp³-hybridized carbons (Fsp3) is 0.571. The lowest BCUT2D eigenvalue weighted by molar-refractivity contribution is 0.309. The van der Waals surface area contributed by atoms with E-state index in [-0.39, 0.29) is 17.2 Å². The van der Waals surface area contributed by atoms with Gasteiger partial charge >= 0.3 is 0 Å². The highest BCUT2D eigenvalue weighted by Crippen LogP contribution is 2.36. The van der Waals surface area contributed by atoms with Crippen molar-refractivity contribution in [3.8, 4) is 0 Å². The summed E-state index contributed by atoms with van der Waals surface area (Å²) in [5.41, 5.74) is 7.42. The third kappa shape index (κ3) is 4.06. The number of hydrogen-bond acceptors (Lipinski definition) is 3. The molecule has 2 N–H and O–H groups in total. The molecule has 3 unspecified atom stereocenters. The van der Waals surface area contributed by atoms with Crippen molar-refractivity contribution in [3.63, 3.8) is 0 Å². The Morgan fingerprint density at radius 1 is 1.20 bits per heavy atom. The van der Waals surface area contributed by atoms with E-state index in [0.717, 1.165) is 33.8 Å². The quantitative estimate of drug-likeness (QED) is 0.802. The van der Waals surface area contributed by atoms with Crippen LogP contribution in [0.2, 0.25) is 0 Å². The summed E-state index contributed by atoms with van der Waals surface area (Å²) in [5, 5.41) is -0.233. The molecule has 1 saturated carbocycles. The third-order valence-corrected chi connectivity index (χ3v) is 6.60. The summed E-state index contributed by atoms with van der Waals surface area (Å²) in [6.07, 6.45) is 4.71. The summed E-state index contributed by atoms with van der Waals surface area (Å²) in [6, 6.07) is 5.88. The lowest BCUT2D eigenvalue weighted by Crippen LogP contribution is -2.33. The third-order valence-electron chi connectivity index (χ3n) is 4.05. The molecular formula is C14H19Br2NO2S. The predicted molar refractivity (Wildman–Crippen MR) is 89.4 cm³/mol. The van der Waals surface area contributed by atoms with E-state index in [4.69, 9.17) is 5.73 Å². The van der Waals surface area contributed by atoms with Crippen molar-refractivity contribution < 1.29 is 8.42 Å². The zero-order chi connectivity index (χ0) is 14.9. The van der Waals surface area contributed by atoms with Crippen LogP contribution >= 0.6 is 31.9 Å². The Kier molecular flexibility index (Phi) is 5.32. The van der Waals surface area contributed by atoms with Gasteiger partial charge in [0.15, 0.2) is 0 Å². The van der Waals surface area contributed by atoms with Crippen molar-refractivity contribution >= 4 is 41.7 Å². The first kappa shape index (κ1) is 16.5. The van der Waals surface area contributed by atoms with E-state index in [0.29, 0.717) is 6.42 Å². The maximum atomic E-state index is 11.7. The molecule has 2 rings (SSSR count). The van der Waals surface area contributed by atoms with Crippen LogP contribution in [0.15, 0.2) is 27.1 Å². The molecule has 1 aromatic rings. The van der Waals surface area contributed by atoms with E-state index in [2.05, 4.69) is 31.9 Å². The van der Waals surface area contributed by atoms with Crippen molar-refractivity contribution in [1.82, 2.24) is 0 Å². The zero-order valence-corrected chi connectivity index (χ0v) is 15.3. The molecule has 1 aromatic carbocycles. The van der Waals surface area contributed by atoms with Crippen LogP contribution in [-0.4, -0.2) is 19.9 Å². The lowest BCUT2D eigenvalue weighted by Gasteiger charge is -2.32. The molecule has 0 saturated heterocycles. The molecule has 3 atom stereocenters. The molecule has 1 aliphatic rings. The number of rotatable bonds is 3. The van der Waals surface area contributed by atoms with Crippen molar-refractivity contribution in [2.75, 3.05) is 6.26 Å². The molecule has 1 aliphatic carbocycles. The SMILES string of the molecule is CS(=O)(=O)C1CCCC(C(N)c2cc(Br)cc(Br)c2)C1. The Morgan fingerprint density at radius 3 is 2.35 bits per heavy atom. The van der Waals surface area contributed by atoms with Gasteiger partial charge in [-0.2, -0.15) is 0 Å². The summed E-state index contributed by atoms with van der Waals surface area (Å²) in [6.45, 7) is 0. The Labute approximate surface area is 137 Å². The van der Waals surface area contributed by atoms with E-state index < -0.39 is 9.84 Å². The summed E-state index contributed by atoms with van der Waals surface area (Å²) < 4.78 is 25.4. The van der Waals surface area contributed by atoms with Crippen LogP contribution in [-0.2, 0) is 9.84 Å². The minimum Gasteiger partial charge on any atom is -0.324 e. The largest absolute Gasteiger partial charge is 0.324 e. The minimum atomic E-state index is -2.96. The van der Waals surface area contributed by atoms with E-state index in [1.165, 1.54) is 6.26 Å². The highest BCUT2D eigenvalue weighted by Gasteiger charge is 2.32. The molecule has 0 amide bonds. The van der Waals surface area contributed by atoms with Crippen molar-refractivity contribution in [1.29, 1.82) is 0 Å². The molecule has 0 spiro atoms. The van der Waals surface area contributed by atoms with Crippen LogP contribution in [0.5, 0.6) is 0 Å². The molecule has 0 radical (unpaired) electrons.